The number of urea groups is 1. The number of nitrogens with one attached hydrogen (secondary N) is 2. The van der Waals surface area contributed by atoms with Crippen LogP contribution < -0.4 is 10.6 Å². The van der Waals surface area contributed by atoms with Gasteiger partial charge in [-0.05, 0) is 37.0 Å². The Hall–Kier alpha value is -3.23. The van der Waals surface area contributed by atoms with Gasteiger partial charge in [0.15, 0.2) is 5.67 Å². The Balaban J connectivity index is 1.39. The number of anilines is 1. The Bertz CT molecular complexity index is 1140. The lowest BCUT2D eigenvalue weighted by molar-refractivity contribution is 0.125. The maximum atomic E-state index is 16.4. The first kappa shape index (κ1) is 22.6. The summed E-state index contributed by atoms with van der Waals surface area (Å²) in [7, 11) is 1.63. The topological polar surface area (TPSA) is 71.4 Å². The number of benzene rings is 2. The van der Waals surface area contributed by atoms with Crippen LogP contribution in [-0.4, -0.2) is 60.1 Å². The van der Waals surface area contributed by atoms with Crippen molar-refractivity contribution in [2.24, 2.45) is 0 Å². The molecule has 2 aromatic carbocycles. The number of likely N-dealkylation sites (tertiary alicyclic amines) is 1. The fourth-order valence-electron chi connectivity index (χ4n) is 5.04. The molecule has 2 heterocycles. The van der Waals surface area contributed by atoms with Gasteiger partial charge in [-0.25, -0.2) is 13.9 Å². The number of aryl methyl sites for hydroxylation is 1. The molecule has 34 heavy (non-hydrogen) atoms. The number of para-hydroxylation sites is 1. The van der Waals surface area contributed by atoms with Gasteiger partial charge in [0.2, 0.25) is 0 Å². The van der Waals surface area contributed by atoms with Crippen molar-refractivity contribution in [2.45, 2.75) is 31.0 Å². The number of hydrogen-bond acceptors (Lipinski definition) is 4. The molecule has 2 amide bonds. The lowest BCUT2D eigenvalue weighted by Crippen LogP contribution is -2.49. The standard InChI is InChI=1S/C26H30FN5O2/c1-34-16-15-31-17-23(26(27,18-31)19-9-4-2-5-10-19)28-25(33)29-24-21-13-8-14-22(21)30-32(24)20-11-6-3-7-12-20/h2-7,9-12,23H,8,13-18H2,1H3,(H2,28,29,33)/t23-,26-/m1/s1. The van der Waals surface area contributed by atoms with E-state index in [4.69, 9.17) is 9.84 Å². The zero-order valence-corrected chi connectivity index (χ0v) is 19.3. The van der Waals surface area contributed by atoms with E-state index in [0.717, 1.165) is 36.2 Å². The Kier molecular flexibility index (Phi) is 6.34. The van der Waals surface area contributed by atoms with Gasteiger partial charge >= 0.3 is 6.03 Å². The zero-order valence-electron chi connectivity index (χ0n) is 19.3. The minimum Gasteiger partial charge on any atom is -0.383 e. The first-order chi connectivity index (χ1) is 16.6. The third-order valence-electron chi connectivity index (χ3n) is 6.76. The van der Waals surface area contributed by atoms with E-state index in [1.807, 2.05) is 53.4 Å². The highest BCUT2D eigenvalue weighted by atomic mass is 19.1. The molecule has 1 aliphatic carbocycles. The van der Waals surface area contributed by atoms with E-state index in [-0.39, 0.29) is 6.54 Å². The van der Waals surface area contributed by atoms with Gasteiger partial charge in [-0.3, -0.25) is 10.2 Å². The van der Waals surface area contributed by atoms with Crippen LogP contribution in [0.4, 0.5) is 15.0 Å². The van der Waals surface area contributed by atoms with Crippen LogP contribution >= 0.6 is 0 Å². The number of fused-ring (bicyclic) bond motifs is 1. The average Bonchev–Trinajstić information content (AvgIpc) is 3.54. The number of rotatable bonds is 7. The molecule has 1 fully saturated rings. The minimum atomic E-state index is -1.70. The number of halogens is 1. The Morgan fingerprint density at radius 3 is 2.62 bits per heavy atom. The maximum absolute atomic E-state index is 16.4. The summed E-state index contributed by atoms with van der Waals surface area (Å²) in [5.74, 6) is 0.662. The predicted molar refractivity (Wildman–Crippen MR) is 129 cm³/mol. The predicted octanol–water partition coefficient (Wildman–Crippen LogP) is 3.68. The molecule has 2 atom stereocenters. The number of aromatic nitrogens is 2. The van der Waals surface area contributed by atoms with Crippen molar-refractivity contribution in [3.05, 3.63) is 77.5 Å². The number of ether oxygens (including phenoxy) is 1. The lowest BCUT2D eigenvalue weighted by Gasteiger charge is -2.27. The molecule has 1 saturated heterocycles. The normalized spacial score (nSPS) is 22.0. The molecule has 3 aromatic rings. The van der Waals surface area contributed by atoms with Crippen LogP contribution in [0, 0.1) is 0 Å². The van der Waals surface area contributed by atoms with Crippen LogP contribution in [0.25, 0.3) is 5.69 Å². The smallest absolute Gasteiger partial charge is 0.320 e. The van der Waals surface area contributed by atoms with Gasteiger partial charge in [0.25, 0.3) is 0 Å². The van der Waals surface area contributed by atoms with Gasteiger partial charge < -0.3 is 10.1 Å². The maximum Gasteiger partial charge on any atom is 0.320 e. The first-order valence-corrected chi connectivity index (χ1v) is 11.8. The molecule has 2 N–H and O–H groups in total. The molecule has 0 bridgehead atoms. The van der Waals surface area contributed by atoms with Gasteiger partial charge in [0, 0.05) is 32.3 Å². The van der Waals surface area contributed by atoms with E-state index in [1.165, 1.54) is 0 Å². The highest BCUT2D eigenvalue weighted by Crippen LogP contribution is 2.37. The third kappa shape index (κ3) is 4.31. The van der Waals surface area contributed by atoms with Crippen molar-refractivity contribution in [3.8, 4) is 5.69 Å². The molecule has 0 saturated carbocycles. The minimum absolute atomic E-state index is 0.197. The van der Waals surface area contributed by atoms with E-state index in [2.05, 4.69) is 10.6 Å². The molecule has 0 unspecified atom stereocenters. The van der Waals surface area contributed by atoms with Crippen molar-refractivity contribution < 1.29 is 13.9 Å². The van der Waals surface area contributed by atoms with Crippen LogP contribution in [0.3, 0.4) is 0 Å². The van der Waals surface area contributed by atoms with Gasteiger partial charge in [-0.2, -0.15) is 5.10 Å². The Labute approximate surface area is 198 Å². The Morgan fingerprint density at radius 1 is 1.15 bits per heavy atom. The highest BCUT2D eigenvalue weighted by Gasteiger charge is 2.49. The summed E-state index contributed by atoms with van der Waals surface area (Å²) in [4.78, 5) is 15.2. The van der Waals surface area contributed by atoms with Crippen molar-refractivity contribution >= 4 is 11.8 Å². The van der Waals surface area contributed by atoms with E-state index in [1.54, 1.807) is 23.9 Å². The summed E-state index contributed by atoms with van der Waals surface area (Å²) >= 11 is 0. The first-order valence-electron chi connectivity index (χ1n) is 11.8. The van der Waals surface area contributed by atoms with Gasteiger partial charge in [0.1, 0.15) is 5.82 Å². The molecule has 0 radical (unpaired) electrons. The fourth-order valence-corrected chi connectivity index (χ4v) is 5.04. The largest absolute Gasteiger partial charge is 0.383 e. The second-order valence-corrected chi connectivity index (χ2v) is 8.98. The molecular weight excluding hydrogens is 433 g/mol. The van der Waals surface area contributed by atoms with E-state index >= 15 is 4.39 Å². The second kappa shape index (κ2) is 9.56. The summed E-state index contributed by atoms with van der Waals surface area (Å²) in [6, 6.07) is 17.7. The molecule has 7 nitrogen and oxygen atoms in total. The van der Waals surface area contributed by atoms with Gasteiger partial charge in [-0.15, -0.1) is 0 Å². The zero-order chi connectivity index (χ0) is 23.5. The molecule has 8 heteroatoms. The van der Waals surface area contributed by atoms with E-state index in [0.29, 0.717) is 31.1 Å². The number of carbonyl (C=O) groups is 1. The fraction of sp³-hybridized carbons (Fsp3) is 0.385. The molecule has 0 spiro atoms. The third-order valence-corrected chi connectivity index (χ3v) is 6.76. The van der Waals surface area contributed by atoms with Gasteiger partial charge in [-0.1, -0.05) is 48.5 Å². The van der Waals surface area contributed by atoms with Crippen LogP contribution in [0.2, 0.25) is 0 Å². The Morgan fingerprint density at radius 2 is 1.88 bits per heavy atom. The average molecular weight is 464 g/mol. The lowest BCUT2D eigenvalue weighted by atomic mass is 9.91. The molecule has 5 rings (SSSR count). The summed E-state index contributed by atoms with van der Waals surface area (Å²) in [5.41, 5.74) is 1.81. The van der Waals surface area contributed by atoms with Crippen LogP contribution in [0.1, 0.15) is 23.2 Å². The SMILES string of the molecule is COCCN1C[C@@H](NC(=O)Nc2c3c(nn2-c2ccccc2)CCC3)[C@](F)(c2ccccc2)C1. The van der Waals surface area contributed by atoms with Crippen molar-refractivity contribution in [1.82, 2.24) is 20.0 Å². The summed E-state index contributed by atoms with van der Waals surface area (Å²) in [5, 5.41) is 10.7. The quantitative estimate of drug-likeness (QED) is 0.561. The molecule has 178 valence electrons. The van der Waals surface area contributed by atoms with Crippen LogP contribution in [0.15, 0.2) is 60.7 Å². The molecule has 1 aliphatic heterocycles. The number of methoxy groups -OCH3 is 1. The molecule has 1 aromatic heterocycles. The number of carbonyl (C=O) groups excluding carboxylic acids is 1. The number of alkyl halides is 1. The van der Waals surface area contributed by atoms with Crippen molar-refractivity contribution in [1.29, 1.82) is 0 Å². The van der Waals surface area contributed by atoms with Gasteiger partial charge in [0.05, 0.1) is 24.0 Å². The molecular formula is C26H30FN5O2. The van der Waals surface area contributed by atoms with E-state index in [9.17, 15) is 4.79 Å². The summed E-state index contributed by atoms with van der Waals surface area (Å²) in [6.07, 6.45) is 2.77. The molecule has 2 aliphatic rings. The van der Waals surface area contributed by atoms with Crippen LogP contribution in [-0.2, 0) is 23.2 Å². The van der Waals surface area contributed by atoms with Crippen molar-refractivity contribution in [2.75, 3.05) is 38.7 Å². The number of hydrogen-bond donors (Lipinski definition) is 2. The van der Waals surface area contributed by atoms with E-state index < -0.39 is 17.7 Å². The second-order valence-electron chi connectivity index (χ2n) is 8.98. The van der Waals surface area contributed by atoms with Crippen LogP contribution in [0.5, 0.6) is 0 Å². The summed E-state index contributed by atoms with van der Waals surface area (Å²) in [6.45, 7) is 1.70. The number of amides is 2. The summed E-state index contributed by atoms with van der Waals surface area (Å²) < 4.78 is 23.4. The number of nitrogens with zero attached hydrogens (tertiary/aromatic N) is 3. The monoisotopic (exact) mass is 463 g/mol. The highest BCUT2D eigenvalue weighted by molar-refractivity contribution is 5.90. The van der Waals surface area contributed by atoms with Crippen molar-refractivity contribution in [3.63, 3.8) is 0 Å².